The molecule has 0 spiro atoms. The summed E-state index contributed by atoms with van der Waals surface area (Å²) in [5.41, 5.74) is 0. The van der Waals surface area contributed by atoms with Crippen LogP contribution in [0.1, 0.15) is 0 Å². The van der Waals surface area contributed by atoms with Gasteiger partial charge in [0.1, 0.15) is 0 Å². The lowest BCUT2D eigenvalue weighted by Crippen LogP contribution is -2.46. The van der Waals surface area contributed by atoms with E-state index in [-0.39, 0.29) is 0 Å². The molecule has 54 valence electrons. The Bertz CT molecular complexity index is 74.8. The van der Waals surface area contributed by atoms with Gasteiger partial charge in [0.05, 0.1) is 20.0 Å². The van der Waals surface area contributed by atoms with E-state index < -0.39 is 0 Å². The molecular formula is C4H9Cl2N3. The zero-order chi connectivity index (χ0) is 6.85. The van der Waals surface area contributed by atoms with Gasteiger partial charge in [-0.15, -0.1) is 0 Å². The second kappa shape index (κ2) is 3.03. The van der Waals surface area contributed by atoms with Crippen molar-refractivity contribution in [3.63, 3.8) is 0 Å². The maximum absolute atomic E-state index is 5.67. The summed E-state index contributed by atoms with van der Waals surface area (Å²) in [6.07, 6.45) is 0. The minimum Gasteiger partial charge on any atom is -0.278 e. The highest BCUT2D eigenvalue weighted by molar-refractivity contribution is 6.15. The summed E-state index contributed by atoms with van der Waals surface area (Å²) in [5, 5.41) is 0. The van der Waals surface area contributed by atoms with Gasteiger partial charge in [-0.1, -0.05) is 0 Å². The third-order valence-corrected chi connectivity index (χ3v) is 1.52. The maximum atomic E-state index is 5.67. The van der Waals surface area contributed by atoms with Crippen LogP contribution >= 0.6 is 23.6 Å². The molecule has 1 saturated heterocycles. The predicted octanol–water partition coefficient (Wildman–Crippen LogP) is 0.716. The van der Waals surface area contributed by atoms with E-state index in [1.54, 1.807) is 8.84 Å². The zero-order valence-corrected chi connectivity index (χ0v) is 6.73. The average Bonchev–Trinajstić information content (AvgIpc) is 1.59. The van der Waals surface area contributed by atoms with Crippen molar-refractivity contribution in [1.29, 1.82) is 0 Å². The quantitative estimate of drug-likeness (QED) is 0.496. The van der Waals surface area contributed by atoms with E-state index in [0.717, 1.165) is 13.3 Å². The molecule has 0 atom stereocenters. The van der Waals surface area contributed by atoms with E-state index in [0.29, 0.717) is 6.67 Å². The summed E-state index contributed by atoms with van der Waals surface area (Å²) in [4.78, 5) is 2.02. The van der Waals surface area contributed by atoms with Crippen molar-refractivity contribution < 1.29 is 0 Å². The molecule has 1 rings (SSSR count). The fraction of sp³-hybridized carbons (Fsp3) is 1.00. The maximum Gasteiger partial charge on any atom is 0.0827 e. The van der Waals surface area contributed by atoms with Crippen molar-refractivity contribution in [2.45, 2.75) is 0 Å². The topological polar surface area (TPSA) is 9.72 Å². The second-order valence-corrected chi connectivity index (χ2v) is 3.16. The van der Waals surface area contributed by atoms with Crippen LogP contribution < -0.4 is 0 Å². The van der Waals surface area contributed by atoms with Gasteiger partial charge in [-0.2, -0.15) is 8.84 Å². The fourth-order valence-corrected chi connectivity index (χ4v) is 1.50. The van der Waals surface area contributed by atoms with Crippen LogP contribution in [0.2, 0.25) is 0 Å². The second-order valence-electron chi connectivity index (χ2n) is 2.21. The number of nitrogens with zero attached hydrogens (tertiary/aromatic N) is 3. The van der Waals surface area contributed by atoms with Gasteiger partial charge < -0.3 is 0 Å². The predicted molar refractivity (Wildman–Crippen MR) is 37.7 cm³/mol. The van der Waals surface area contributed by atoms with E-state index in [4.69, 9.17) is 23.6 Å². The molecule has 1 aliphatic heterocycles. The molecule has 3 nitrogen and oxygen atoms in total. The Kier molecular flexibility index (Phi) is 2.55. The molecule has 0 aliphatic carbocycles. The standard InChI is InChI=1S/C4H9Cl2N3/c1-7-2-8(5)4-9(6)3-7/h2-4H2,1H3. The summed E-state index contributed by atoms with van der Waals surface area (Å²) in [6.45, 7) is 2.16. The zero-order valence-electron chi connectivity index (χ0n) is 5.22. The Morgan fingerprint density at radius 2 is 1.44 bits per heavy atom. The van der Waals surface area contributed by atoms with Crippen LogP contribution in [0.5, 0.6) is 0 Å². The Morgan fingerprint density at radius 1 is 1.00 bits per heavy atom. The van der Waals surface area contributed by atoms with Crippen LogP contribution in [0, 0.1) is 0 Å². The van der Waals surface area contributed by atoms with Crippen molar-refractivity contribution in [2.75, 3.05) is 27.1 Å². The van der Waals surface area contributed by atoms with E-state index in [1.807, 2.05) is 11.9 Å². The molecule has 1 aliphatic rings. The lowest BCUT2D eigenvalue weighted by atomic mass is 10.7. The Balaban J connectivity index is 2.34. The largest absolute Gasteiger partial charge is 0.278 e. The molecule has 0 aromatic carbocycles. The van der Waals surface area contributed by atoms with Gasteiger partial charge in [-0.3, -0.25) is 4.90 Å². The molecule has 5 heteroatoms. The van der Waals surface area contributed by atoms with E-state index in [2.05, 4.69) is 0 Å². The first kappa shape index (κ1) is 7.57. The van der Waals surface area contributed by atoms with Gasteiger partial charge in [-0.05, 0) is 30.6 Å². The third-order valence-electron chi connectivity index (χ3n) is 1.10. The number of hydrogen-bond donors (Lipinski definition) is 0. The number of rotatable bonds is 0. The van der Waals surface area contributed by atoms with Gasteiger partial charge in [0.2, 0.25) is 0 Å². The van der Waals surface area contributed by atoms with Crippen molar-refractivity contribution in [3.05, 3.63) is 0 Å². The smallest absolute Gasteiger partial charge is 0.0827 e. The summed E-state index contributed by atoms with van der Waals surface area (Å²) in [6, 6.07) is 0. The van der Waals surface area contributed by atoms with Crippen LogP contribution in [0.3, 0.4) is 0 Å². The highest BCUT2D eigenvalue weighted by Crippen LogP contribution is 2.08. The molecule has 1 heterocycles. The average molecular weight is 170 g/mol. The van der Waals surface area contributed by atoms with E-state index in [9.17, 15) is 0 Å². The van der Waals surface area contributed by atoms with Crippen molar-refractivity contribution in [2.24, 2.45) is 0 Å². The third kappa shape index (κ3) is 2.27. The normalized spacial score (nSPS) is 27.0. The Labute approximate surface area is 64.9 Å². The van der Waals surface area contributed by atoms with Crippen LogP contribution in [0.15, 0.2) is 0 Å². The van der Waals surface area contributed by atoms with Crippen LogP contribution in [-0.4, -0.2) is 40.8 Å². The van der Waals surface area contributed by atoms with Crippen molar-refractivity contribution in [3.8, 4) is 0 Å². The fourth-order valence-electron chi connectivity index (χ4n) is 0.825. The molecule has 0 amide bonds. The monoisotopic (exact) mass is 169 g/mol. The molecule has 0 radical (unpaired) electrons. The van der Waals surface area contributed by atoms with Crippen LogP contribution in [0.4, 0.5) is 0 Å². The molecule has 0 aromatic rings. The van der Waals surface area contributed by atoms with Crippen molar-refractivity contribution in [1.82, 2.24) is 13.7 Å². The molecule has 0 bridgehead atoms. The summed E-state index contributed by atoms with van der Waals surface area (Å²) < 4.78 is 3.24. The number of halogens is 2. The summed E-state index contributed by atoms with van der Waals surface area (Å²) in [5.74, 6) is 0. The molecule has 1 fully saturated rings. The van der Waals surface area contributed by atoms with Gasteiger partial charge in [0.25, 0.3) is 0 Å². The highest BCUT2D eigenvalue weighted by atomic mass is 35.5. The molecular weight excluding hydrogens is 161 g/mol. The first-order chi connectivity index (χ1) is 4.18. The highest BCUT2D eigenvalue weighted by Gasteiger charge is 2.16. The van der Waals surface area contributed by atoms with Crippen molar-refractivity contribution >= 4 is 23.6 Å². The van der Waals surface area contributed by atoms with Gasteiger partial charge in [0, 0.05) is 0 Å². The Morgan fingerprint density at radius 3 is 1.78 bits per heavy atom. The number of hydrogen-bond acceptors (Lipinski definition) is 3. The summed E-state index contributed by atoms with van der Waals surface area (Å²) >= 11 is 11.3. The van der Waals surface area contributed by atoms with Gasteiger partial charge in [0.15, 0.2) is 0 Å². The molecule has 9 heavy (non-hydrogen) atoms. The van der Waals surface area contributed by atoms with E-state index in [1.165, 1.54) is 0 Å². The van der Waals surface area contributed by atoms with Crippen LogP contribution in [0.25, 0.3) is 0 Å². The van der Waals surface area contributed by atoms with E-state index >= 15 is 0 Å². The first-order valence-corrected chi connectivity index (χ1v) is 3.36. The lowest BCUT2D eigenvalue weighted by Gasteiger charge is -2.32. The SMILES string of the molecule is CN1CN(Cl)CN(Cl)C1. The van der Waals surface area contributed by atoms with Gasteiger partial charge in [-0.25, -0.2) is 0 Å². The Hall–Kier alpha value is 0.460. The minimum absolute atomic E-state index is 0.619. The van der Waals surface area contributed by atoms with Crippen LogP contribution in [-0.2, 0) is 0 Å². The molecule has 0 saturated carbocycles. The molecule has 0 unspecified atom stereocenters. The molecule has 0 N–H and O–H groups in total. The lowest BCUT2D eigenvalue weighted by molar-refractivity contribution is 0.0897. The van der Waals surface area contributed by atoms with Gasteiger partial charge >= 0.3 is 0 Å². The summed E-state index contributed by atoms with van der Waals surface area (Å²) in [7, 11) is 1.96. The first-order valence-electron chi connectivity index (χ1n) is 2.68. The molecule has 0 aromatic heterocycles. The minimum atomic E-state index is 0.619.